The van der Waals surface area contributed by atoms with Crippen molar-refractivity contribution in [2.45, 2.75) is 57.0 Å². The predicted octanol–water partition coefficient (Wildman–Crippen LogP) is 0.956. The van der Waals surface area contributed by atoms with Gasteiger partial charge in [0.1, 0.15) is 5.38 Å². The molecule has 2 heterocycles. The monoisotopic (exact) mass is 356 g/mol. The first-order valence-electron chi connectivity index (χ1n) is 9.19. The number of hydrazine groups is 1. The number of halogens is 1. The molecule has 0 radical (unpaired) electrons. The van der Waals surface area contributed by atoms with Crippen LogP contribution in [-0.2, 0) is 9.59 Å². The molecule has 1 aliphatic carbocycles. The second-order valence-corrected chi connectivity index (χ2v) is 8.03. The summed E-state index contributed by atoms with van der Waals surface area (Å²) < 4.78 is 0. The van der Waals surface area contributed by atoms with Crippen LogP contribution in [0.2, 0.25) is 0 Å². The van der Waals surface area contributed by atoms with E-state index in [2.05, 4.69) is 34.5 Å². The fraction of sp³-hybridized carbons (Fsp3) is 0.882. The maximum absolute atomic E-state index is 12.7. The summed E-state index contributed by atoms with van der Waals surface area (Å²) in [6.07, 6.45) is 5.11. The summed E-state index contributed by atoms with van der Waals surface area (Å²) in [5.74, 6) is 1.25. The highest BCUT2D eigenvalue weighted by Gasteiger charge is 2.40. The van der Waals surface area contributed by atoms with Gasteiger partial charge >= 0.3 is 0 Å². The van der Waals surface area contributed by atoms with E-state index in [0.717, 1.165) is 13.1 Å². The highest BCUT2D eigenvalue weighted by molar-refractivity contribution is 6.31. The van der Waals surface area contributed by atoms with E-state index in [9.17, 15) is 9.59 Å². The summed E-state index contributed by atoms with van der Waals surface area (Å²) in [6, 6.07) is 0.171. The minimum atomic E-state index is -0.610. The lowest BCUT2D eigenvalue weighted by molar-refractivity contribution is -0.143. The molecule has 2 N–H and O–H groups in total. The van der Waals surface area contributed by atoms with Crippen molar-refractivity contribution in [1.29, 1.82) is 0 Å². The molecule has 5 atom stereocenters. The summed E-state index contributed by atoms with van der Waals surface area (Å²) in [5.41, 5.74) is 5.41. The fourth-order valence-electron chi connectivity index (χ4n) is 4.62. The van der Waals surface area contributed by atoms with Crippen molar-refractivity contribution < 1.29 is 9.59 Å². The fourth-order valence-corrected chi connectivity index (χ4v) is 4.92. The van der Waals surface area contributed by atoms with E-state index in [1.54, 1.807) is 0 Å². The van der Waals surface area contributed by atoms with E-state index in [1.807, 2.05) is 0 Å². The Morgan fingerprint density at radius 3 is 2.67 bits per heavy atom. The number of piperazine rings is 1. The molecule has 1 saturated carbocycles. The Balaban J connectivity index is 1.60. The Morgan fingerprint density at radius 1 is 1.21 bits per heavy atom. The van der Waals surface area contributed by atoms with E-state index in [1.165, 1.54) is 25.7 Å². The lowest BCUT2D eigenvalue weighted by Gasteiger charge is -2.46. The Hall–Kier alpha value is -0.850. The van der Waals surface area contributed by atoms with E-state index < -0.39 is 5.38 Å². The molecule has 0 spiro atoms. The standard InChI is InChI=1S/C17H29ClN4O2/c1-11-5-3-4-6-13(11)12(2)22-8-7-21(10-15(22)23)14-9-19-20-17(24)16(14)18/h11-14,16,19H,3-10H2,1-2H3,(H,20,24)/t11?,12-,13?,14?,16?/m0/s1. The Labute approximate surface area is 149 Å². The van der Waals surface area contributed by atoms with Crippen LogP contribution in [0.25, 0.3) is 0 Å². The summed E-state index contributed by atoms with van der Waals surface area (Å²) >= 11 is 6.24. The van der Waals surface area contributed by atoms with E-state index >= 15 is 0 Å². The van der Waals surface area contributed by atoms with Crippen molar-refractivity contribution in [3.63, 3.8) is 0 Å². The van der Waals surface area contributed by atoms with Gasteiger partial charge in [0.15, 0.2) is 0 Å². The zero-order chi connectivity index (χ0) is 17.3. The average molecular weight is 357 g/mol. The van der Waals surface area contributed by atoms with Crippen LogP contribution < -0.4 is 10.9 Å². The van der Waals surface area contributed by atoms with Crippen LogP contribution in [0.3, 0.4) is 0 Å². The molecule has 3 aliphatic rings. The van der Waals surface area contributed by atoms with Gasteiger partial charge in [-0.1, -0.05) is 26.2 Å². The van der Waals surface area contributed by atoms with Gasteiger partial charge in [-0.25, -0.2) is 5.43 Å². The molecular formula is C17H29ClN4O2. The summed E-state index contributed by atoms with van der Waals surface area (Å²) in [4.78, 5) is 28.6. The third-order valence-corrected chi connectivity index (χ3v) is 6.65. The van der Waals surface area contributed by atoms with Crippen molar-refractivity contribution in [2.75, 3.05) is 26.2 Å². The number of hydrogen-bond donors (Lipinski definition) is 2. The van der Waals surface area contributed by atoms with Crippen molar-refractivity contribution in [3.8, 4) is 0 Å². The molecule has 4 unspecified atom stereocenters. The number of nitrogens with zero attached hydrogens (tertiary/aromatic N) is 2. The first-order valence-corrected chi connectivity index (χ1v) is 9.63. The van der Waals surface area contributed by atoms with Gasteiger partial charge in [-0.05, 0) is 25.2 Å². The van der Waals surface area contributed by atoms with Crippen molar-refractivity contribution in [2.24, 2.45) is 11.8 Å². The summed E-state index contributed by atoms with van der Waals surface area (Å²) in [6.45, 7) is 6.97. The number of amides is 2. The van der Waals surface area contributed by atoms with Crippen LogP contribution in [0.5, 0.6) is 0 Å². The number of carbonyl (C=O) groups excluding carboxylic acids is 2. The Bertz CT molecular complexity index is 489. The van der Waals surface area contributed by atoms with Crippen LogP contribution >= 0.6 is 11.6 Å². The zero-order valence-electron chi connectivity index (χ0n) is 14.6. The highest BCUT2D eigenvalue weighted by atomic mass is 35.5. The predicted molar refractivity (Wildman–Crippen MR) is 93.4 cm³/mol. The molecule has 2 saturated heterocycles. The second-order valence-electron chi connectivity index (χ2n) is 7.56. The maximum atomic E-state index is 12.7. The number of alkyl halides is 1. The topological polar surface area (TPSA) is 64.7 Å². The molecular weight excluding hydrogens is 328 g/mol. The lowest BCUT2D eigenvalue weighted by Crippen LogP contribution is -2.66. The van der Waals surface area contributed by atoms with Gasteiger partial charge in [0.25, 0.3) is 5.91 Å². The third kappa shape index (κ3) is 3.55. The molecule has 0 aromatic carbocycles. The first-order chi connectivity index (χ1) is 11.5. The van der Waals surface area contributed by atoms with Gasteiger partial charge in [-0.3, -0.25) is 19.9 Å². The summed E-state index contributed by atoms with van der Waals surface area (Å²) in [7, 11) is 0. The second kappa shape index (κ2) is 7.58. The average Bonchev–Trinajstić information content (AvgIpc) is 2.57. The molecule has 6 nitrogen and oxygen atoms in total. The number of nitrogens with one attached hydrogen (secondary N) is 2. The van der Waals surface area contributed by atoms with Crippen molar-refractivity contribution in [3.05, 3.63) is 0 Å². The molecule has 0 aromatic rings. The first kappa shape index (κ1) is 18.0. The molecule has 3 rings (SSSR count). The van der Waals surface area contributed by atoms with Crippen molar-refractivity contribution >= 4 is 23.4 Å². The lowest BCUT2D eigenvalue weighted by atomic mass is 9.76. The molecule has 3 fully saturated rings. The van der Waals surface area contributed by atoms with Crippen LogP contribution in [0.1, 0.15) is 39.5 Å². The number of carbonyl (C=O) groups is 2. The van der Waals surface area contributed by atoms with Gasteiger partial charge in [0.2, 0.25) is 5.91 Å². The third-order valence-electron chi connectivity index (χ3n) is 6.16. The van der Waals surface area contributed by atoms with Gasteiger partial charge in [0, 0.05) is 31.7 Å². The molecule has 0 bridgehead atoms. The van der Waals surface area contributed by atoms with Gasteiger partial charge in [-0.15, -0.1) is 11.6 Å². The minimum absolute atomic E-state index is 0.129. The normalized spacial score (nSPS) is 37.2. The number of hydrogen-bond acceptors (Lipinski definition) is 4. The van der Waals surface area contributed by atoms with E-state index in [-0.39, 0.29) is 17.9 Å². The number of rotatable bonds is 3. The SMILES string of the molecule is CC1CCCCC1[C@H](C)N1CCN(C2CNNC(=O)C2Cl)CC1=O. The molecule has 0 aromatic heterocycles. The van der Waals surface area contributed by atoms with Crippen molar-refractivity contribution in [1.82, 2.24) is 20.7 Å². The van der Waals surface area contributed by atoms with Crippen LogP contribution in [-0.4, -0.2) is 65.3 Å². The van der Waals surface area contributed by atoms with Crippen LogP contribution in [0.4, 0.5) is 0 Å². The highest BCUT2D eigenvalue weighted by Crippen LogP contribution is 2.34. The Kier molecular flexibility index (Phi) is 5.67. The smallest absolute Gasteiger partial charge is 0.253 e. The largest absolute Gasteiger partial charge is 0.337 e. The van der Waals surface area contributed by atoms with E-state index in [0.29, 0.717) is 31.0 Å². The van der Waals surface area contributed by atoms with Crippen LogP contribution in [0, 0.1) is 11.8 Å². The zero-order valence-corrected chi connectivity index (χ0v) is 15.4. The molecule has 2 amide bonds. The van der Waals surface area contributed by atoms with Crippen LogP contribution in [0.15, 0.2) is 0 Å². The van der Waals surface area contributed by atoms with Gasteiger partial charge in [0.05, 0.1) is 6.54 Å². The molecule has 7 heteroatoms. The van der Waals surface area contributed by atoms with E-state index in [4.69, 9.17) is 11.6 Å². The quantitative estimate of drug-likeness (QED) is 0.739. The Morgan fingerprint density at radius 2 is 1.96 bits per heavy atom. The molecule has 24 heavy (non-hydrogen) atoms. The van der Waals surface area contributed by atoms with Gasteiger partial charge < -0.3 is 4.90 Å². The molecule has 136 valence electrons. The maximum Gasteiger partial charge on any atom is 0.253 e. The minimum Gasteiger partial charge on any atom is -0.337 e. The summed E-state index contributed by atoms with van der Waals surface area (Å²) in [5, 5.41) is -0.610. The molecule has 2 aliphatic heterocycles. The van der Waals surface area contributed by atoms with Gasteiger partial charge in [-0.2, -0.15) is 0 Å².